The first-order chi connectivity index (χ1) is 8.15. The minimum Gasteiger partial charge on any atom is -0.312 e. The second-order valence-corrected chi connectivity index (χ2v) is 5.73. The van der Waals surface area contributed by atoms with Gasteiger partial charge in [0.15, 0.2) is 0 Å². The van der Waals surface area contributed by atoms with Gasteiger partial charge in [-0.2, -0.15) is 0 Å². The van der Waals surface area contributed by atoms with Gasteiger partial charge in [0.05, 0.1) is 0 Å². The molecule has 1 aromatic rings. The van der Waals surface area contributed by atoms with E-state index in [4.69, 9.17) is 0 Å². The number of thioether (sulfide) groups is 1. The smallest absolute Gasteiger partial charge is 0.128 e. The third-order valence-corrected chi connectivity index (χ3v) is 3.70. The largest absolute Gasteiger partial charge is 0.312 e. The Morgan fingerprint density at radius 2 is 2.12 bits per heavy atom. The zero-order valence-corrected chi connectivity index (χ0v) is 11.7. The third kappa shape index (κ3) is 5.09. The summed E-state index contributed by atoms with van der Waals surface area (Å²) in [7, 11) is 0. The van der Waals surface area contributed by atoms with Gasteiger partial charge in [-0.15, -0.1) is 11.8 Å². The molecule has 3 heteroatoms. The minimum atomic E-state index is -0.0950. The lowest BCUT2D eigenvalue weighted by Gasteiger charge is -2.12. The first kappa shape index (κ1) is 14.5. The first-order valence-electron chi connectivity index (χ1n) is 6.26. The van der Waals surface area contributed by atoms with E-state index in [0.29, 0.717) is 12.5 Å². The minimum absolute atomic E-state index is 0.0950. The van der Waals surface area contributed by atoms with Crippen LogP contribution in [0.1, 0.15) is 32.8 Å². The molecule has 0 saturated carbocycles. The van der Waals surface area contributed by atoms with Gasteiger partial charge < -0.3 is 5.32 Å². The molecule has 0 fully saturated rings. The van der Waals surface area contributed by atoms with E-state index < -0.39 is 0 Å². The molecule has 0 radical (unpaired) electrons. The monoisotopic (exact) mass is 255 g/mol. The first-order valence-corrected chi connectivity index (χ1v) is 7.24. The van der Waals surface area contributed by atoms with Crippen molar-refractivity contribution in [2.24, 2.45) is 5.92 Å². The molecule has 0 heterocycles. The van der Waals surface area contributed by atoms with Crippen LogP contribution in [0, 0.1) is 11.7 Å². The Balaban J connectivity index is 2.66. The Morgan fingerprint density at radius 3 is 2.76 bits per heavy atom. The summed E-state index contributed by atoms with van der Waals surface area (Å²) in [5.74, 6) is 1.54. The summed E-state index contributed by atoms with van der Waals surface area (Å²) < 4.78 is 13.7. The van der Waals surface area contributed by atoms with Crippen LogP contribution in [0.5, 0.6) is 0 Å². The van der Waals surface area contributed by atoms with E-state index in [1.54, 1.807) is 23.9 Å². The Bertz CT molecular complexity index is 339. The van der Waals surface area contributed by atoms with Crippen LogP contribution in [-0.4, -0.2) is 12.3 Å². The molecule has 0 atom stereocenters. The highest BCUT2D eigenvalue weighted by Crippen LogP contribution is 2.25. The van der Waals surface area contributed by atoms with E-state index in [1.165, 1.54) is 0 Å². The Labute approximate surface area is 108 Å². The van der Waals surface area contributed by atoms with Crippen molar-refractivity contribution in [3.63, 3.8) is 0 Å². The molecule has 0 amide bonds. The van der Waals surface area contributed by atoms with Crippen LogP contribution in [0.4, 0.5) is 4.39 Å². The van der Waals surface area contributed by atoms with Crippen molar-refractivity contribution in [3.05, 3.63) is 29.6 Å². The summed E-state index contributed by atoms with van der Waals surface area (Å²) in [6.07, 6.45) is 1.11. The van der Waals surface area contributed by atoms with Gasteiger partial charge in [-0.1, -0.05) is 26.8 Å². The summed E-state index contributed by atoms with van der Waals surface area (Å²) >= 11 is 1.74. The third-order valence-electron chi connectivity index (χ3n) is 2.39. The van der Waals surface area contributed by atoms with E-state index in [9.17, 15) is 4.39 Å². The number of hydrogen-bond acceptors (Lipinski definition) is 2. The number of benzene rings is 1. The molecule has 0 unspecified atom stereocenters. The van der Waals surface area contributed by atoms with Gasteiger partial charge in [-0.25, -0.2) is 4.39 Å². The average Bonchev–Trinajstić information content (AvgIpc) is 2.29. The maximum atomic E-state index is 13.7. The van der Waals surface area contributed by atoms with Gasteiger partial charge in [0.1, 0.15) is 5.82 Å². The summed E-state index contributed by atoms with van der Waals surface area (Å²) in [5, 5.41) is 3.31. The van der Waals surface area contributed by atoms with Crippen LogP contribution in [0.2, 0.25) is 0 Å². The molecule has 0 aliphatic heterocycles. The molecule has 0 spiro atoms. The average molecular weight is 255 g/mol. The molecule has 1 N–H and O–H groups in total. The fourth-order valence-electron chi connectivity index (χ4n) is 1.54. The van der Waals surface area contributed by atoms with Gasteiger partial charge in [-0.05, 0) is 36.8 Å². The van der Waals surface area contributed by atoms with Crippen molar-refractivity contribution >= 4 is 11.8 Å². The quantitative estimate of drug-likeness (QED) is 0.737. The predicted molar refractivity (Wildman–Crippen MR) is 74.0 cm³/mol. The molecular weight excluding hydrogens is 233 g/mol. The van der Waals surface area contributed by atoms with Crippen LogP contribution >= 0.6 is 11.8 Å². The van der Waals surface area contributed by atoms with Crippen LogP contribution < -0.4 is 5.32 Å². The Hall–Kier alpha value is -0.540. The van der Waals surface area contributed by atoms with E-state index in [1.807, 2.05) is 6.07 Å². The van der Waals surface area contributed by atoms with Gasteiger partial charge in [0.2, 0.25) is 0 Å². The van der Waals surface area contributed by atoms with Gasteiger partial charge in [-0.3, -0.25) is 0 Å². The lowest BCUT2D eigenvalue weighted by molar-refractivity contribution is 0.530. The van der Waals surface area contributed by atoms with Crippen molar-refractivity contribution in [1.82, 2.24) is 5.32 Å². The highest BCUT2D eigenvalue weighted by Gasteiger charge is 2.08. The summed E-state index contributed by atoms with van der Waals surface area (Å²) in [5.41, 5.74) is 0.812. The van der Waals surface area contributed by atoms with Crippen LogP contribution in [0.25, 0.3) is 0 Å². The Kier molecular flexibility index (Phi) is 6.60. The lowest BCUT2D eigenvalue weighted by atomic mass is 10.2. The second kappa shape index (κ2) is 7.72. The Morgan fingerprint density at radius 1 is 1.35 bits per heavy atom. The molecule has 0 aromatic heterocycles. The zero-order valence-electron chi connectivity index (χ0n) is 10.9. The number of halogens is 1. The molecule has 0 aliphatic carbocycles. The summed E-state index contributed by atoms with van der Waals surface area (Å²) in [6, 6.07) is 5.34. The maximum Gasteiger partial charge on any atom is 0.128 e. The highest BCUT2D eigenvalue weighted by molar-refractivity contribution is 7.99. The standard InChI is InChI=1S/C14H22FNS/c1-4-8-17-14-7-5-6-13(15)12(14)10-16-9-11(2)3/h5-7,11,16H,4,8-10H2,1-3H3. The fourth-order valence-corrected chi connectivity index (χ4v) is 2.49. The van der Waals surface area contributed by atoms with Crippen LogP contribution in [-0.2, 0) is 6.54 Å². The molecule has 17 heavy (non-hydrogen) atoms. The highest BCUT2D eigenvalue weighted by atomic mass is 32.2. The van der Waals surface area contributed by atoms with Gasteiger partial charge in [0, 0.05) is 17.0 Å². The fraction of sp³-hybridized carbons (Fsp3) is 0.571. The number of rotatable bonds is 7. The summed E-state index contributed by atoms with van der Waals surface area (Å²) in [6.45, 7) is 7.99. The molecule has 0 bridgehead atoms. The van der Waals surface area contributed by atoms with E-state index in [2.05, 4.69) is 26.1 Å². The molecule has 1 rings (SSSR count). The van der Waals surface area contributed by atoms with Crippen molar-refractivity contribution in [2.45, 2.75) is 38.6 Å². The number of nitrogens with one attached hydrogen (secondary N) is 1. The van der Waals surface area contributed by atoms with E-state index in [0.717, 1.165) is 29.2 Å². The normalized spacial score (nSPS) is 11.1. The topological polar surface area (TPSA) is 12.0 Å². The van der Waals surface area contributed by atoms with Crippen LogP contribution in [0.15, 0.2) is 23.1 Å². The predicted octanol–water partition coefficient (Wildman–Crippen LogP) is 4.07. The SMILES string of the molecule is CCCSc1cccc(F)c1CNCC(C)C. The molecule has 1 nitrogen and oxygen atoms in total. The zero-order chi connectivity index (χ0) is 12.7. The molecule has 96 valence electrons. The molecule has 0 saturated heterocycles. The van der Waals surface area contributed by atoms with Crippen molar-refractivity contribution in [2.75, 3.05) is 12.3 Å². The van der Waals surface area contributed by atoms with Gasteiger partial charge in [0.25, 0.3) is 0 Å². The summed E-state index contributed by atoms with van der Waals surface area (Å²) in [4.78, 5) is 1.07. The molecular formula is C14H22FNS. The second-order valence-electron chi connectivity index (χ2n) is 4.59. The van der Waals surface area contributed by atoms with Crippen LogP contribution in [0.3, 0.4) is 0 Å². The maximum absolute atomic E-state index is 13.7. The lowest BCUT2D eigenvalue weighted by Crippen LogP contribution is -2.20. The molecule has 0 aliphatic rings. The van der Waals surface area contributed by atoms with E-state index in [-0.39, 0.29) is 5.82 Å². The van der Waals surface area contributed by atoms with Gasteiger partial charge >= 0.3 is 0 Å². The van der Waals surface area contributed by atoms with E-state index >= 15 is 0 Å². The molecule has 1 aromatic carbocycles. The number of hydrogen-bond donors (Lipinski definition) is 1. The van der Waals surface area contributed by atoms with Crippen molar-refractivity contribution in [1.29, 1.82) is 0 Å². The van der Waals surface area contributed by atoms with Crippen molar-refractivity contribution in [3.8, 4) is 0 Å². The van der Waals surface area contributed by atoms with Crippen molar-refractivity contribution < 1.29 is 4.39 Å².